The molecule has 0 amide bonds. The van der Waals surface area contributed by atoms with Crippen LogP contribution in [0.5, 0.6) is 0 Å². The summed E-state index contributed by atoms with van der Waals surface area (Å²) in [6.45, 7) is 3.42. The lowest BCUT2D eigenvalue weighted by atomic mass is 10.1. The Morgan fingerprint density at radius 3 is 2.55 bits per heavy atom. The zero-order valence-electron chi connectivity index (χ0n) is 16.1. The van der Waals surface area contributed by atoms with E-state index in [1.165, 1.54) is 0 Å². The van der Waals surface area contributed by atoms with Crippen LogP contribution in [0.1, 0.15) is 34.2 Å². The molecule has 1 aliphatic rings. The molecule has 0 aliphatic carbocycles. The number of hydrogen-bond acceptors (Lipinski definition) is 6. The second kappa shape index (κ2) is 7.11. The Balaban J connectivity index is 1.60. The van der Waals surface area contributed by atoms with Crippen LogP contribution in [0.2, 0.25) is 0 Å². The molecule has 3 heterocycles. The molecular formula is C19H21N5O4S. The van der Waals surface area contributed by atoms with E-state index >= 15 is 0 Å². The monoisotopic (exact) mass is 415 g/mol. The number of rotatable bonds is 5. The van der Waals surface area contributed by atoms with Gasteiger partial charge in [0, 0.05) is 23.0 Å². The first-order valence-electron chi connectivity index (χ1n) is 9.27. The van der Waals surface area contributed by atoms with Gasteiger partial charge in [-0.05, 0) is 48.9 Å². The van der Waals surface area contributed by atoms with Crippen LogP contribution in [0.4, 0.5) is 0 Å². The van der Waals surface area contributed by atoms with E-state index in [0.717, 1.165) is 15.1 Å². The van der Waals surface area contributed by atoms with E-state index in [4.69, 9.17) is 0 Å². The minimum absolute atomic E-state index is 0.0852. The average molecular weight is 415 g/mol. The Bertz CT molecular complexity index is 1240. The standard InChI is InChI=1S/C19H21N5O4S/c1-13-10-17(14(2)23(13)16-8-9-29(27,28)12-16)18(25)11-22-19(26)24(21-20-22)15-6-4-3-5-7-15/h3-7,10,16H,8-9,11-12H2,1-2H3/t16-/m1/s1. The minimum Gasteiger partial charge on any atom is -0.344 e. The molecule has 1 saturated heterocycles. The summed E-state index contributed by atoms with van der Waals surface area (Å²) in [4.78, 5) is 25.4. The Kier molecular flexibility index (Phi) is 4.73. The summed E-state index contributed by atoms with van der Waals surface area (Å²) in [5.41, 5.74) is 2.07. The normalized spacial score (nSPS) is 18.2. The molecule has 4 rings (SSSR count). The molecule has 3 aromatic rings. The van der Waals surface area contributed by atoms with Crippen LogP contribution in [0.15, 0.2) is 41.2 Å². The number of para-hydroxylation sites is 1. The van der Waals surface area contributed by atoms with Crippen molar-refractivity contribution in [2.75, 3.05) is 11.5 Å². The van der Waals surface area contributed by atoms with Crippen molar-refractivity contribution in [3.63, 3.8) is 0 Å². The third kappa shape index (κ3) is 3.55. The predicted molar refractivity (Wildman–Crippen MR) is 106 cm³/mol. The van der Waals surface area contributed by atoms with E-state index in [-0.39, 0.29) is 29.9 Å². The van der Waals surface area contributed by atoms with Crippen molar-refractivity contribution in [3.05, 3.63) is 63.8 Å². The van der Waals surface area contributed by atoms with Crippen LogP contribution in [-0.2, 0) is 16.4 Å². The molecule has 0 radical (unpaired) electrons. The smallest absolute Gasteiger partial charge is 0.344 e. The molecule has 1 fully saturated rings. The van der Waals surface area contributed by atoms with Gasteiger partial charge in [0.15, 0.2) is 15.6 Å². The van der Waals surface area contributed by atoms with Gasteiger partial charge in [0.25, 0.3) is 0 Å². The van der Waals surface area contributed by atoms with Gasteiger partial charge in [-0.15, -0.1) is 0 Å². The first-order chi connectivity index (χ1) is 13.8. The molecule has 1 aliphatic heterocycles. The molecule has 0 saturated carbocycles. The zero-order valence-corrected chi connectivity index (χ0v) is 17.0. The number of benzene rings is 1. The topological polar surface area (TPSA) is 109 Å². The van der Waals surface area contributed by atoms with E-state index in [9.17, 15) is 18.0 Å². The molecule has 10 heteroatoms. The quantitative estimate of drug-likeness (QED) is 0.577. The molecule has 2 aromatic heterocycles. The molecule has 152 valence electrons. The predicted octanol–water partition coefficient (Wildman–Crippen LogP) is 1.09. The molecule has 1 aromatic carbocycles. The highest BCUT2D eigenvalue weighted by Crippen LogP contribution is 2.29. The lowest BCUT2D eigenvalue weighted by Gasteiger charge is -2.16. The third-order valence-corrected chi connectivity index (χ3v) is 7.04. The van der Waals surface area contributed by atoms with Crippen molar-refractivity contribution in [1.82, 2.24) is 24.4 Å². The van der Waals surface area contributed by atoms with Gasteiger partial charge < -0.3 is 4.57 Å². The number of nitrogens with zero attached hydrogens (tertiary/aromatic N) is 5. The fourth-order valence-corrected chi connectivity index (χ4v) is 5.63. The van der Waals surface area contributed by atoms with Crippen molar-refractivity contribution in [2.45, 2.75) is 32.9 Å². The molecule has 0 unspecified atom stereocenters. The number of Topliss-reactive ketones (excluding diaryl/α,β-unsaturated/α-hetero) is 1. The van der Waals surface area contributed by atoms with Crippen LogP contribution in [0.25, 0.3) is 5.69 Å². The summed E-state index contributed by atoms with van der Waals surface area (Å²) < 4.78 is 27.8. The highest BCUT2D eigenvalue weighted by atomic mass is 32.2. The number of carbonyl (C=O) groups excluding carboxylic acids is 1. The molecule has 1 atom stereocenters. The Morgan fingerprint density at radius 2 is 1.90 bits per heavy atom. The van der Waals surface area contributed by atoms with Gasteiger partial charge in [-0.2, -0.15) is 9.36 Å². The summed E-state index contributed by atoms with van der Waals surface area (Å²) in [5.74, 6) is -0.0231. The number of aromatic nitrogens is 5. The summed E-state index contributed by atoms with van der Waals surface area (Å²) >= 11 is 0. The molecule has 0 bridgehead atoms. The number of ketones is 1. The summed E-state index contributed by atoms with van der Waals surface area (Å²) in [6.07, 6.45) is 0.539. The van der Waals surface area contributed by atoms with Gasteiger partial charge in [-0.25, -0.2) is 13.2 Å². The second-order valence-corrected chi connectivity index (χ2v) is 9.53. The maximum atomic E-state index is 12.9. The molecule has 0 spiro atoms. The zero-order chi connectivity index (χ0) is 20.8. The van der Waals surface area contributed by atoms with E-state index in [2.05, 4.69) is 10.4 Å². The number of tetrazole rings is 1. The van der Waals surface area contributed by atoms with Crippen LogP contribution in [0, 0.1) is 13.8 Å². The molecule has 9 nitrogen and oxygen atoms in total. The van der Waals surface area contributed by atoms with Crippen LogP contribution < -0.4 is 5.69 Å². The van der Waals surface area contributed by atoms with Crippen LogP contribution in [-0.4, -0.2) is 50.1 Å². The molecule has 0 N–H and O–H groups in total. The van der Waals surface area contributed by atoms with Crippen molar-refractivity contribution in [1.29, 1.82) is 0 Å². The lowest BCUT2D eigenvalue weighted by Crippen LogP contribution is -2.27. The van der Waals surface area contributed by atoms with Gasteiger partial charge in [-0.3, -0.25) is 4.79 Å². The van der Waals surface area contributed by atoms with E-state index in [1.807, 2.05) is 17.6 Å². The van der Waals surface area contributed by atoms with Crippen molar-refractivity contribution in [3.8, 4) is 5.69 Å². The minimum atomic E-state index is -3.04. The lowest BCUT2D eigenvalue weighted by molar-refractivity contribution is 0.0964. The van der Waals surface area contributed by atoms with Crippen molar-refractivity contribution < 1.29 is 13.2 Å². The number of aryl methyl sites for hydroxylation is 1. The van der Waals surface area contributed by atoms with Crippen LogP contribution >= 0.6 is 0 Å². The van der Waals surface area contributed by atoms with Gasteiger partial charge in [0.2, 0.25) is 0 Å². The number of sulfone groups is 1. The first-order valence-corrected chi connectivity index (χ1v) is 11.1. The van der Waals surface area contributed by atoms with E-state index in [0.29, 0.717) is 23.4 Å². The summed E-state index contributed by atoms with van der Waals surface area (Å²) in [6, 6.07) is 10.4. The largest absolute Gasteiger partial charge is 0.368 e. The molecular weight excluding hydrogens is 394 g/mol. The van der Waals surface area contributed by atoms with E-state index in [1.54, 1.807) is 37.3 Å². The summed E-state index contributed by atoms with van der Waals surface area (Å²) in [5, 5.41) is 7.67. The maximum absolute atomic E-state index is 12.9. The number of carbonyl (C=O) groups is 1. The Labute approximate surface area is 167 Å². The third-order valence-electron chi connectivity index (χ3n) is 5.29. The van der Waals surface area contributed by atoms with Gasteiger partial charge in [0.05, 0.1) is 17.2 Å². The van der Waals surface area contributed by atoms with Gasteiger partial charge in [-0.1, -0.05) is 18.2 Å². The fourth-order valence-electron chi connectivity index (χ4n) is 3.93. The Hall–Kier alpha value is -3.01. The van der Waals surface area contributed by atoms with Crippen molar-refractivity contribution in [2.24, 2.45) is 0 Å². The number of hydrogen-bond donors (Lipinski definition) is 0. The fraction of sp³-hybridized carbons (Fsp3) is 0.368. The van der Waals surface area contributed by atoms with Crippen molar-refractivity contribution >= 4 is 15.6 Å². The SMILES string of the molecule is Cc1cc(C(=O)Cn2nnn(-c3ccccc3)c2=O)c(C)n1[C@@H]1CCS(=O)(=O)C1. The van der Waals surface area contributed by atoms with Gasteiger partial charge in [0.1, 0.15) is 6.54 Å². The highest BCUT2D eigenvalue weighted by Gasteiger charge is 2.31. The highest BCUT2D eigenvalue weighted by molar-refractivity contribution is 7.91. The maximum Gasteiger partial charge on any atom is 0.368 e. The van der Waals surface area contributed by atoms with Gasteiger partial charge >= 0.3 is 5.69 Å². The summed E-state index contributed by atoms with van der Waals surface area (Å²) in [7, 11) is -3.04. The second-order valence-electron chi connectivity index (χ2n) is 7.30. The molecule has 29 heavy (non-hydrogen) atoms. The average Bonchev–Trinajstić information content (AvgIpc) is 3.31. The Morgan fingerprint density at radius 1 is 1.17 bits per heavy atom. The first kappa shape index (κ1) is 19.3. The van der Waals surface area contributed by atoms with E-state index < -0.39 is 15.5 Å². The van der Waals surface area contributed by atoms with Crippen LogP contribution in [0.3, 0.4) is 0 Å².